The van der Waals surface area contributed by atoms with Crippen molar-refractivity contribution < 1.29 is 5.11 Å². The highest BCUT2D eigenvalue weighted by molar-refractivity contribution is 5.61. The monoisotopic (exact) mass is 305 g/mol. The number of hydrogen-bond acceptors (Lipinski definition) is 2. The molecule has 0 amide bonds. The van der Waals surface area contributed by atoms with E-state index in [1.165, 1.54) is 22.3 Å². The summed E-state index contributed by atoms with van der Waals surface area (Å²) >= 11 is 0. The Balaban J connectivity index is 1.72. The van der Waals surface area contributed by atoms with Crippen LogP contribution >= 0.6 is 0 Å². The number of nitrogens with zero attached hydrogens (tertiary/aromatic N) is 1. The van der Waals surface area contributed by atoms with Crippen LogP contribution in [0, 0.1) is 5.92 Å². The zero-order valence-electron chi connectivity index (χ0n) is 13.7. The average molecular weight is 305 g/mol. The van der Waals surface area contributed by atoms with Gasteiger partial charge in [-0.3, -0.25) is 0 Å². The van der Waals surface area contributed by atoms with E-state index in [0.29, 0.717) is 17.8 Å². The molecule has 1 saturated carbocycles. The molecule has 23 heavy (non-hydrogen) atoms. The smallest absolute Gasteiger partial charge is 0.0808 e. The number of fused-ring (bicyclic) bond motifs is 8. The van der Waals surface area contributed by atoms with Crippen molar-refractivity contribution in [3.8, 4) is 0 Å². The molecule has 118 valence electrons. The molecular weight excluding hydrogens is 282 g/mol. The fourth-order valence-electron chi connectivity index (χ4n) is 5.47. The van der Waals surface area contributed by atoms with Gasteiger partial charge in [-0.25, -0.2) is 0 Å². The van der Waals surface area contributed by atoms with Gasteiger partial charge in [-0.05, 0) is 54.6 Å². The number of aliphatic hydroxyl groups is 1. The van der Waals surface area contributed by atoms with E-state index in [1.54, 1.807) is 0 Å². The molecule has 2 bridgehead atoms. The zero-order chi connectivity index (χ0) is 15.8. The molecule has 2 aromatic rings. The molecule has 3 unspecified atom stereocenters. The summed E-state index contributed by atoms with van der Waals surface area (Å²) in [5.41, 5.74) is 5.10. The molecule has 0 radical (unpaired) electrons. The molecular formula is C21H23NO. The second kappa shape index (κ2) is 4.46. The highest BCUT2D eigenvalue weighted by Crippen LogP contribution is 2.76. The van der Waals surface area contributed by atoms with Crippen molar-refractivity contribution in [2.24, 2.45) is 5.92 Å². The predicted octanol–water partition coefficient (Wildman–Crippen LogP) is 3.33. The highest BCUT2D eigenvalue weighted by atomic mass is 16.3. The predicted molar refractivity (Wildman–Crippen MR) is 91.8 cm³/mol. The Labute approximate surface area is 137 Å². The van der Waals surface area contributed by atoms with Crippen molar-refractivity contribution in [2.45, 2.75) is 29.8 Å². The fourth-order valence-corrected chi connectivity index (χ4v) is 5.47. The minimum Gasteiger partial charge on any atom is -0.389 e. The molecule has 3 aliphatic rings. The van der Waals surface area contributed by atoms with Crippen molar-refractivity contribution in [3.05, 3.63) is 70.8 Å². The molecule has 3 atom stereocenters. The maximum absolute atomic E-state index is 11.8. The Kier molecular flexibility index (Phi) is 2.67. The summed E-state index contributed by atoms with van der Waals surface area (Å²) in [5.74, 6) is 1.56. The van der Waals surface area contributed by atoms with Crippen molar-refractivity contribution in [3.63, 3.8) is 0 Å². The van der Waals surface area contributed by atoms with Crippen LogP contribution in [0.15, 0.2) is 48.5 Å². The summed E-state index contributed by atoms with van der Waals surface area (Å²) in [6.07, 6.45) is 0.852. The van der Waals surface area contributed by atoms with Gasteiger partial charge in [0.05, 0.1) is 5.60 Å². The Hall–Kier alpha value is -1.64. The van der Waals surface area contributed by atoms with E-state index < -0.39 is 5.60 Å². The van der Waals surface area contributed by atoms with Crippen LogP contribution in [0.25, 0.3) is 0 Å². The summed E-state index contributed by atoms with van der Waals surface area (Å²) in [6.45, 7) is 0.938. The second-order valence-electron chi connectivity index (χ2n) is 7.81. The van der Waals surface area contributed by atoms with Crippen LogP contribution in [0.5, 0.6) is 0 Å². The molecule has 1 N–H and O–H groups in total. The van der Waals surface area contributed by atoms with Crippen LogP contribution < -0.4 is 0 Å². The molecule has 2 nitrogen and oxygen atoms in total. The van der Waals surface area contributed by atoms with Crippen LogP contribution in [0.1, 0.15) is 46.4 Å². The Bertz CT molecular complexity index is 729. The van der Waals surface area contributed by atoms with Crippen molar-refractivity contribution >= 4 is 0 Å². The van der Waals surface area contributed by atoms with Gasteiger partial charge >= 0.3 is 0 Å². The third-order valence-electron chi connectivity index (χ3n) is 6.39. The van der Waals surface area contributed by atoms with E-state index in [9.17, 15) is 5.11 Å². The van der Waals surface area contributed by atoms with E-state index in [-0.39, 0.29) is 5.92 Å². The summed E-state index contributed by atoms with van der Waals surface area (Å²) in [6, 6.07) is 17.6. The van der Waals surface area contributed by atoms with Crippen molar-refractivity contribution in [1.29, 1.82) is 0 Å². The fraction of sp³-hybridized carbons (Fsp3) is 0.429. The van der Waals surface area contributed by atoms with E-state index in [0.717, 1.165) is 13.0 Å². The molecule has 5 rings (SSSR count). The van der Waals surface area contributed by atoms with Crippen LogP contribution in [0.4, 0.5) is 0 Å². The van der Waals surface area contributed by atoms with Crippen LogP contribution in [-0.4, -0.2) is 36.2 Å². The lowest BCUT2D eigenvalue weighted by atomic mass is 9.64. The molecule has 0 saturated heterocycles. The molecule has 3 aliphatic carbocycles. The zero-order valence-corrected chi connectivity index (χ0v) is 13.7. The van der Waals surface area contributed by atoms with Gasteiger partial charge in [0, 0.05) is 18.4 Å². The Morgan fingerprint density at radius 2 is 1.35 bits per heavy atom. The summed E-state index contributed by atoms with van der Waals surface area (Å²) in [5, 5.41) is 11.8. The van der Waals surface area contributed by atoms with Gasteiger partial charge in [0.1, 0.15) is 0 Å². The lowest BCUT2D eigenvalue weighted by molar-refractivity contribution is -0.0234. The van der Waals surface area contributed by atoms with Crippen molar-refractivity contribution in [2.75, 3.05) is 20.6 Å². The maximum Gasteiger partial charge on any atom is 0.0808 e. The van der Waals surface area contributed by atoms with Crippen LogP contribution in [0.3, 0.4) is 0 Å². The van der Waals surface area contributed by atoms with E-state index in [1.807, 2.05) is 0 Å². The minimum absolute atomic E-state index is 0.134. The average Bonchev–Trinajstić information content (AvgIpc) is 3.32. The SMILES string of the molecule is CN(C)CCC1(O)C2c3ccccc3C3C(c4ccccc42)C31. The van der Waals surface area contributed by atoms with Gasteiger partial charge in [-0.1, -0.05) is 48.5 Å². The third kappa shape index (κ3) is 1.66. The van der Waals surface area contributed by atoms with Crippen molar-refractivity contribution in [1.82, 2.24) is 4.90 Å². The molecule has 2 heteroatoms. The number of rotatable bonds is 3. The Morgan fingerprint density at radius 3 is 1.83 bits per heavy atom. The molecule has 0 heterocycles. The standard InChI is InChI=1S/C21H23NO/c1-22(2)12-11-21(23)19-15-9-5-3-7-13(15)17-18(20(17)21)14-8-4-6-10-16(14)19/h3-10,17-20,23H,11-12H2,1-2H3. The lowest BCUT2D eigenvalue weighted by Gasteiger charge is -2.44. The summed E-state index contributed by atoms with van der Waals surface area (Å²) in [7, 11) is 4.19. The maximum atomic E-state index is 11.8. The van der Waals surface area contributed by atoms with E-state index in [2.05, 4.69) is 67.5 Å². The number of benzene rings is 2. The quantitative estimate of drug-likeness (QED) is 0.940. The molecule has 2 aromatic carbocycles. The first-order valence-electron chi connectivity index (χ1n) is 8.67. The number of hydrogen-bond donors (Lipinski definition) is 1. The van der Waals surface area contributed by atoms with E-state index in [4.69, 9.17) is 0 Å². The molecule has 0 aromatic heterocycles. The Morgan fingerprint density at radius 1 is 0.870 bits per heavy atom. The van der Waals surface area contributed by atoms with Crippen LogP contribution in [-0.2, 0) is 0 Å². The normalized spacial score (nSPS) is 35.7. The lowest BCUT2D eigenvalue weighted by Crippen LogP contribution is -2.46. The van der Waals surface area contributed by atoms with Gasteiger partial charge in [0.25, 0.3) is 0 Å². The first-order valence-corrected chi connectivity index (χ1v) is 8.67. The van der Waals surface area contributed by atoms with Gasteiger partial charge in [-0.2, -0.15) is 0 Å². The first-order chi connectivity index (χ1) is 11.1. The van der Waals surface area contributed by atoms with Crippen LogP contribution in [0.2, 0.25) is 0 Å². The largest absolute Gasteiger partial charge is 0.389 e. The van der Waals surface area contributed by atoms with Gasteiger partial charge in [-0.15, -0.1) is 0 Å². The van der Waals surface area contributed by atoms with E-state index >= 15 is 0 Å². The third-order valence-corrected chi connectivity index (χ3v) is 6.39. The molecule has 1 fully saturated rings. The minimum atomic E-state index is -0.595. The van der Waals surface area contributed by atoms with Gasteiger partial charge in [0.2, 0.25) is 0 Å². The molecule has 0 aliphatic heterocycles. The topological polar surface area (TPSA) is 23.5 Å². The highest BCUT2D eigenvalue weighted by Gasteiger charge is 2.70. The summed E-state index contributed by atoms with van der Waals surface area (Å²) < 4.78 is 0. The second-order valence-corrected chi connectivity index (χ2v) is 7.81. The molecule has 0 spiro atoms. The summed E-state index contributed by atoms with van der Waals surface area (Å²) in [4.78, 5) is 2.19. The first kappa shape index (κ1) is 13.8. The van der Waals surface area contributed by atoms with Gasteiger partial charge < -0.3 is 10.0 Å². The van der Waals surface area contributed by atoms with Gasteiger partial charge in [0.15, 0.2) is 0 Å².